The van der Waals surface area contributed by atoms with Crippen molar-refractivity contribution in [1.29, 1.82) is 0 Å². The third kappa shape index (κ3) is 3.91. The van der Waals surface area contributed by atoms with Crippen molar-refractivity contribution in [1.82, 2.24) is 0 Å². The second-order valence-electron chi connectivity index (χ2n) is 3.93. The number of sulfonamides is 1. The molecule has 3 nitrogen and oxygen atoms in total. The molecule has 1 aromatic carbocycles. The molecule has 21 heavy (non-hydrogen) atoms. The first-order valence-electron chi connectivity index (χ1n) is 5.28. The van der Waals surface area contributed by atoms with Gasteiger partial charge in [0.1, 0.15) is 9.68 Å². The Bertz CT molecular complexity index is 757. The molecule has 1 atom stereocenters. The molecule has 2 aromatic rings. The molecule has 0 radical (unpaired) electrons. The van der Waals surface area contributed by atoms with E-state index in [4.69, 9.17) is 10.7 Å². The van der Waals surface area contributed by atoms with E-state index in [1.165, 1.54) is 11.4 Å². The molecule has 0 aliphatic rings. The lowest BCUT2D eigenvalue weighted by Crippen LogP contribution is -2.12. The number of halogens is 5. The Labute approximate surface area is 134 Å². The highest BCUT2D eigenvalue weighted by atomic mass is 79.9. The first kappa shape index (κ1) is 16.6. The number of thiophene rings is 1. The minimum absolute atomic E-state index is 0.0283. The van der Waals surface area contributed by atoms with Crippen molar-refractivity contribution in [2.24, 2.45) is 0 Å². The fourth-order valence-electron chi connectivity index (χ4n) is 1.47. The summed E-state index contributed by atoms with van der Waals surface area (Å²) < 4.78 is 64.2. The molecular weight excluding hydrogens is 415 g/mol. The third-order valence-electron chi connectivity index (χ3n) is 2.39. The van der Waals surface area contributed by atoms with E-state index in [0.717, 1.165) is 24.3 Å². The van der Waals surface area contributed by atoms with Gasteiger partial charge in [0, 0.05) is 11.8 Å². The molecule has 10 heteroatoms. The van der Waals surface area contributed by atoms with Crippen LogP contribution in [0.25, 0.3) is 0 Å². The SMILES string of the molecule is O=S(=O)(Nc1ccc(C(F)(F)F)cc1)c1cc(Br)c[s+]1Cl. The van der Waals surface area contributed by atoms with Gasteiger partial charge >= 0.3 is 20.4 Å². The predicted octanol–water partition coefficient (Wildman–Crippen LogP) is 5.02. The average Bonchev–Trinajstić information content (AvgIpc) is 2.68. The van der Waals surface area contributed by atoms with Crippen LogP contribution in [0, 0.1) is 0 Å². The van der Waals surface area contributed by atoms with Gasteiger partial charge in [-0.25, -0.2) is 0 Å². The van der Waals surface area contributed by atoms with Crippen molar-refractivity contribution in [3.8, 4) is 0 Å². The lowest BCUT2D eigenvalue weighted by molar-refractivity contribution is -0.137. The maximum absolute atomic E-state index is 12.4. The Balaban J connectivity index is 2.27. The monoisotopic (exact) mass is 420 g/mol. The molecule has 0 saturated carbocycles. The van der Waals surface area contributed by atoms with Crippen molar-refractivity contribution in [2.45, 2.75) is 10.4 Å². The smallest absolute Gasteiger partial charge is 0.276 e. The van der Waals surface area contributed by atoms with E-state index in [1.54, 1.807) is 0 Å². The lowest BCUT2D eigenvalue weighted by atomic mass is 10.2. The topological polar surface area (TPSA) is 46.2 Å². The quantitative estimate of drug-likeness (QED) is 0.707. The van der Waals surface area contributed by atoms with Crippen LogP contribution >= 0.6 is 36.3 Å². The Kier molecular flexibility index (Phi) is 4.57. The molecule has 0 amide bonds. The molecular formula is C11H7BrClF3NO2S2+. The summed E-state index contributed by atoms with van der Waals surface area (Å²) in [6.45, 7) is 0. The number of alkyl halides is 3. The highest BCUT2D eigenvalue weighted by Crippen LogP contribution is 2.38. The molecule has 0 spiro atoms. The van der Waals surface area contributed by atoms with Gasteiger partial charge in [-0.05, 0) is 40.2 Å². The Morgan fingerprint density at radius 1 is 1.19 bits per heavy atom. The Morgan fingerprint density at radius 2 is 1.76 bits per heavy atom. The second-order valence-corrected chi connectivity index (χ2v) is 9.00. The number of anilines is 1. The summed E-state index contributed by atoms with van der Waals surface area (Å²) in [6.07, 6.45) is -4.47. The zero-order valence-corrected chi connectivity index (χ0v) is 14.0. The van der Waals surface area contributed by atoms with Crippen LogP contribution in [0.5, 0.6) is 0 Å². The van der Waals surface area contributed by atoms with Crippen molar-refractivity contribution in [3.05, 3.63) is 45.7 Å². The minimum Gasteiger partial charge on any atom is -0.276 e. The van der Waals surface area contributed by atoms with Crippen LogP contribution in [0.4, 0.5) is 18.9 Å². The van der Waals surface area contributed by atoms with Gasteiger partial charge in [-0.3, -0.25) is 4.72 Å². The van der Waals surface area contributed by atoms with Crippen LogP contribution in [0.3, 0.4) is 0 Å². The van der Waals surface area contributed by atoms with Gasteiger partial charge < -0.3 is 0 Å². The maximum atomic E-state index is 12.4. The van der Waals surface area contributed by atoms with Gasteiger partial charge in [0.25, 0.3) is 0 Å². The van der Waals surface area contributed by atoms with Gasteiger partial charge in [0.05, 0.1) is 10.0 Å². The number of nitrogens with one attached hydrogen (secondary N) is 1. The highest BCUT2D eigenvalue weighted by Gasteiger charge is 2.31. The highest BCUT2D eigenvalue weighted by molar-refractivity contribution is 9.10. The van der Waals surface area contributed by atoms with Crippen molar-refractivity contribution in [3.63, 3.8) is 0 Å². The van der Waals surface area contributed by atoms with Crippen LogP contribution in [-0.2, 0) is 16.2 Å². The Hall–Kier alpha value is -0.770. The lowest BCUT2D eigenvalue weighted by Gasteiger charge is -2.08. The largest absolute Gasteiger partial charge is 0.416 e. The van der Waals surface area contributed by atoms with Crippen molar-refractivity contribution in [2.75, 3.05) is 4.72 Å². The molecule has 1 unspecified atom stereocenters. The van der Waals surface area contributed by atoms with Gasteiger partial charge in [0.2, 0.25) is 10.7 Å². The van der Waals surface area contributed by atoms with Gasteiger partial charge in [0.15, 0.2) is 5.38 Å². The van der Waals surface area contributed by atoms with Gasteiger partial charge in [-0.1, -0.05) is 0 Å². The molecule has 1 heterocycles. The number of hydrogen-bond donors (Lipinski definition) is 1. The van der Waals surface area contributed by atoms with E-state index in [2.05, 4.69) is 20.7 Å². The van der Waals surface area contributed by atoms with E-state index in [9.17, 15) is 21.6 Å². The fourth-order valence-corrected chi connectivity index (χ4v) is 6.62. The van der Waals surface area contributed by atoms with Crippen LogP contribution in [0.2, 0.25) is 0 Å². The molecule has 1 aromatic heterocycles. The van der Waals surface area contributed by atoms with Crippen LogP contribution in [0.15, 0.2) is 44.4 Å². The number of rotatable bonds is 3. The summed E-state index contributed by atoms with van der Waals surface area (Å²) in [5.41, 5.74) is -0.826. The van der Waals surface area contributed by atoms with Crippen LogP contribution < -0.4 is 4.72 Å². The molecule has 2 rings (SSSR count). The molecule has 0 fully saturated rings. The zero-order valence-electron chi connectivity index (χ0n) is 9.99. The van der Waals surface area contributed by atoms with E-state index in [0.29, 0.717) is 4.47 Å². The molecule has 0 saturated heterocycles. The molecule has 1 N–H and O–H groups in total. The number of benzene rings is 1. The molecule has 114 valence electrons. The zero-order chi connectivity index (χ0) is 15.8. The van der Waals surface area contributed by atoms with E-state index < -0.39 is 31.4 Å². The predicted molar refractivity (Wildman–Crippen MR) is 80.1 cm³/mol. The summed E-state index contributed by atoms with van der Waals surface area (Å²) in [4.78, 5) is 0. The number of hydrogen-bond acceptors (Lipinski definition) is 2. The molecule has 0 aliphatic carbocycles. The fraction of sp³-hybridized carbons (Fsp3) is 0.0909. The van der Waals surface area contributed by atoms with Crippen molar-refractivity contribution < 1.29 is 21.6 Å². The summed E-state index contributed by atoms with van der Waals surface area (Å²) in [5.74, 6) is 0. The second kappa shape index (κ2) is 5.79. The molecule has 0 aliphatic heterocycles. The van der Waals surface area contributed by atoms with Crippen LogP contribution in [-0.4, -0.2) is 8.42 Å². The Morgan fingerprint density at radius 3 is 2.19 bits per heavy atom. The summed E-state index contributed by atoms with van der Waals surface area (Å²) in [6, 6.07) is 5.04. The standard InChI is InChI=1S/C11H7BrClF3NO2S2/c12-8-5-10(20(13)6-8)21(18,19)17-9-3-1-7(2-4-9)11(14,15)16/h1-6,17H/q+1. The maximum Gasteiger partial charge on any atom is 0.416 e. The van der Waals surface area contributed by atoms with Crippen LogP contribution in [0.1, 0.15) is 5.56 Å². The van der Waals surface area contributed by atoms with E-state index >= 15 is 0 Å². The van der Waals surface area contributed by atoms with Gasteiger partial charge in [-0.2, -0.15) is 21.6 Å². The molecule has 0 bridgehead atoms. The van der Waals surface area contributed by atoms with E-state index in [1.807, 2.05) is 0 Å². The summed E-state index contributed by atoms with van der Waals surface area (Å²) in [7, 11) is 0.870. The van der Waals surface area contributed by atoms with E-state index in [-0.39, 0.29) is 9.90 Å². The third-order valence-corrected chi connectivity index (χ3v) is 7.51. The average molecular weight is 422 g/mol. The van der Waals surface area contributed by atoms with Gasteiger partial charge in [-0.15, -0.1) is 0 Å². The van der Waals surface area contributed by atoms with Crippen molar-refractivity contribution >= 4 is 52.0 Å². The summed E-state index contributed by atoms with van der Waals surface area (Å²) >= 11 is 3.12. The first-order chi connectivity index (χ1) is 9.59. The minimum atomic E-state index is -4.47. The summed E-state index contributed by atoms with van der Waals surface area (Å²) in [5, 5.41) is 1.52. The normalized spacial score (nSPS) is 13.3. The first-order valence-corrected chi connectivity index (χ1v) is 9.67.